The van der Waals surface area contributed by atoms with Gasteiger partial charge in [0.15, 0.2) is 5.82 Å². The number of anilines is 5. The summed E-state index contributed by atoms with van der Waals surface area (Å²) >= 11 is 8.67. The summed E-state index contributed by atoms with van der Waals surface area (Å²) in [6.45, 7) is 27.1. The smallest absolute Gasteiger partial charge is 0.423 e. The van der Waals surface area contributed by atoms with Crippen molar-refractivity contribution in [3.63, 3.8) is 0 Å². The molecule has 0 bridgehead atoms. The predicted molar refractivity (Wildman–Crippen MR) is 293 cm³/mol. The van der Waals surface area contributed by atoms with Crippen molar-refractivity contribution in [2.45, 2.75) is 157 Å². The number of hydrogen-bond acceptors (Lipinski definition) is 20. The molecule has 5 aromatic heterocycles. The molecule has 0 amide bonds. The van der Waals surface area contributed by atoms with Crippen LogP contribution in [0.1, 0.15) is 121 Å². The first-order valence-electron chi connectivity index (χ1n) is 24.7. The molecule has 3 atom stereocenters. The van der Waals surface area contributed by atoms with Crippen LogP contribution in [-0.2, 0) is 14.0 Å². The third-order valence-corrected chi connectivity index (χ3v) is 11.3. The molecule has 8 rings (SSSR count). The van der Waals surface area contributed by atoms with Crippen molar-refractivity contribution in [2.75, 3.05) is 45.8 Å². The van der Waals surface area contributed by atoms with Gasteiger partial charge in [-0.25, -0.2) is 49.8 Å². The van der Waals surface area contributed by atoms with Gasteiger partial charge in [0.05, 0.1) is 10.0 Å². The Morgan fingerprint density at radius 3 is 1.33 bits per heavy atom. The maximum atomic E-state index is 8.89. The van der Waals surface area contributed by atoms with Gasteiger partial charge in [0, 0.05) is 111 Å². The van der Waals surface area contributed by atoms with E-state index in [1.807, 2.05) is 41.5 Å². The Morgan fingerprint density at radius 2 is 1.03 bits per heavy atom. The van der Waals surface area contributed by atoms with Crippen LogP contribution in [0.5, 0.6) is 0 Å². The quantitative estimate of drug-likeness (QED) is 0.0764. The van der Waals surface area contributed by atoms with Crippen LogP contribution >= 0.6 is 27.5 Å². The standard InChI is InChI=1S/C13H16N6.C9H14BN3O2.C9H21BO3.C9H12BrN3.C4H4ClN3.C4H9.Li/c1-9-3-2-6-19(9)13-16-7-10(8-17-13)12-15-5-4-11(14)18-12;1-7-3-2-4-13(7)9-11-5-8(6-12-9)10(14)15;1-7(2)11-10(12-8(3)4)13-9(5)6;1-7-3-2-4-13(7)9-11-5-8(10)6-12-9;5-4-7-2-1-3(6)8-4;1-3-4-2;/h4-5,7-9H,2-3,6H2,1H3,(H2,14,15,18);5-7,14-15H,2-4H2,1H3;7-9H,1-6H3;5-7H,2-4H2,1H3;1-2H,(H2,6,7,8);1,3-4H2,2H3;/q;;;;;-1;+1/t9-;7-;;7-;;;/m00.0.../s1. The van der Waals surface area contributed by atoms with Gasteiger partial charge in [-0.1, -0.05) is 13.3 Å². The van der Waals surface area contributed by atoms with Crippen LogP contribution in [0.4, 0.5) is 29.5 Å². The summed E-state index contributed by atoms with van der Waals surface area (Å²) < 4.78 is 17.2. The predicted octanol–water partition coefficient (Wildman–Crippen LogP) is 4.46. The Hall–Kier alpha value is -4.30. The zero-order chi connectivity index (χ0) is 53.2. The minimum absolute atomic E-state index is 0. The molecule has 3 aliphatic rings. The largest absolute Gasteiger partial charge is 1.00 e. The van der Waals surface area contributed by atoms with Crippen LogP contribution < -0.4 is 50.5 Å². The zero-order valence-corrected chi connectivity index (χ0v) is 47.1. The van der Waals surface area contributed by atoms with Crippen LogP contribution in [-0.4, -0.2) is 130 Å². The fourth-order valence-electron chi connectivity index (χ4n) is 6.97. The number of nitrogens with two attached hydrogens (primary N) is 2. The van der Waals surface area contributed by atoms with E-state index in [9.17, 15) is 0 Å². The summed E-state index contributed by atoms with van der Waals surface area (Å²) in [6.07, 6.45) is 23.0. The molecule has 5 aromatic rings. The van der Waals surface area contributed by atoms with Gasteiger partial charge >= 0.3 is 33.3 Å². The monoisotopic (exact) mass is 1090 g/mol. The third-order valence-electron chi connectivity index (χ3n) is 10.7. The minimum Gasteiger partial charge on any atom is -0.423 e. The molecule has 73 heavy (non-hydrogen) atoms. The Labute approximate surface area is 459 Å². The molecule has 0 aliphatic carbocycles. The summed E-state index contributed by atoms with van der Waals surface area (Å²) in [5.41, 5.74) is 12.0. The minimum atomic E-state index is -1.49. The molecule has 0 aromatic carbocycles. The molecule has 8 heterocycles. The average Bonchev–Trinajstić information content (AvgIpc) is 4.10. The summed E-state index contributed by atoms with van der Waals surface area (Å²) in [5, 5.41) is 18.0. The topological polar surface area (TPSA) is 259 Å². The maximum Gasteiger partial charge on any atom is 1.00 e. The first kappa shape index (κ1) is 64.8. The van der Waals surface area contributed by atoms with Gasteiger partial charge < -0.3 is 57.1 Å². The van der Waals surface area contributed by atoms with Crippen LogP contribution in [0.3, 0.4) is 0 Å². The molecular weight excluding hydrogens is 1010 g/mol. The van der Waals surface area contributed by atoms with Gasteiger partial charge in [-0.2, -0.15) is 6.42 Å². The number of aromatic nitrogens is 10. The van der Waals surface area contributed by atoms with E-state index in [0.29, 0.717) is 47.0 Å². The summed E-state index contributed by atoms with van der Waals surface area (Å²) in [5.74, 6) is 3.70. The molecule has 0 saturated carbocycles. The van der Waals surface area contributed by atoms with E-state index in [0.717, 1.165) is 60.8 Å². The first-order chi connectivity index (χ1) is 34.3. The Balaban J connectivity index is 0.000000312. The number of halogens is 2. The molecule has 3 aliphatic heterocycles. The summed E-state index contributed by atoms with van der Waals surface area (Å²) in [7, 11) is -2.03. The number of nitrogen functional groups attached to an aromatic ring is 2. The van der Waals surface area contributed by atoms with Crippen molar-refractivity contribution in [2.24, 2.45) is 0 Å². The fraction of sp³-hybridized carbons (Fsp3) is 0.562. The van der Waals surface area contributed by atoms with E-state index in [4.69, 9.17) is 47.1 Å². The van der Waals surface area contributed by atoms with E-state index in [2.05, 4.69) is 115 Å². The second kappa shape index (κ2) is 35.0. The van der Waals surface area contributed by atoms with Gasteiger partial charge in [0.1, 0.15) is 11.6 Å². The average molecular weight is 1090 g/mol. The number of nitrogens with zero attached hydrogens (tertiary/aromatic N) is 13. The zero-order valence-electron chi connectivity index (χ0n) is 44.7. The second-order valence-corrected chi connectivity index (χ2v) is 19.2. The molecule has 0 radical (unpaired) electrons. The fourth-order valence-corrected chi connectivity index (χ4v) is 7.32. The van der Waals surface area contributed by atoms with E-state index in [1.165, 1.54) is 50.7 Å². The molecule has 3 saturated heterocycles. The van der Waals surface area contributed by atoms with Crippen LogP contribution in [0.2, 0.25) is 5.28 Å². The van der Waals surface area contributed by atoms with Gasteiger partial charge in [-0.15, -0.1) is 0 Å². The van der Waals surface area contributed by atoms with Crippen LogP contribution in [0, 0.1) is 6.92 Å². The Kier molecular flexibility index (Phi) is 31.1. The van der Waals surface area contributed by atoms with Crippen molar-refractivity contribution in [3.05, 3.63) is 78.4 Å². The van der Waals surface area contributed by atoms with Crippen molar-refractivity contribution in [1.82, 2.24) is 49.8 Å². The van der Waals surface area contributed by atoms with Gasteiger partial charge in [0.25, 0.3) is 0 Å². The van der Waals surface area contributed by atoms with E-state index < -0.39 is 14.4 Å². The SMILES string of the molecule is CC(C)OB(OC(C)C)OC(C)C.C[C@H]1CCCN1c1ncc(-c2nccc(N)n2)cn1.C[C@H]1CCCN1c1ncc(B(O)O)cn1.C[C@H]1CCCN1c1ncc(Br)cn1.Nc1ccnc(Cl)n1.[CH2-]CCC.[Li+]. The molecule has 20 nitrogen and oxygen atoms in total. The summed E-state index contributed by atoms with van der Waals surface area (Å²) in [4.78, 5) is 47.8. The normalized spacial score (nSPS) is 16.6. The third kappa shape index (κ3) is 24.7. The summed E-state index contributed by atoms with van der Waals surface area (Å²) in [6, 6.07) is 4.79. The van der Waals surface area contributed by atoms with E-state index in [1.54, 1.807) is 43.1 Å². The van der Waals surface area contributed by atoms with Crippen LogP contribution in [0.25, 0.3) is 11.4 Å². The second-order valence-electron chi connectivity index (χ2n) is 18.0. The van der Waals surface area contributed by atoms with Crippen LogP contribution in [0.15, 0.2) is 66.2 Å². The first-order valence-corrected chi connectivity index (χ1v) is 25.8. The van der Waals surface area contributed by atoms with E-state index in [-0.39, 0.29) is 42.5 Å². The Morgan fingerprint density at radius 1 is 0.658 bits per heavy atom. The molecule has 6 N–H and O–H groups in total. The number of unbranched alkanes of at least 4 members (excludes halogenated alkanes) is 1. The maximum absolute atomic E-state index is 8.89. The van der Waals surface area contributed by atoms with E-state index >= 15 is 0 Å². The molecular formula is C48H76B2BrClLiN15O5. The molecule has 394 valence electrons. The number of rotatable bonds is 12. The van der Waals surface area contributed by atoms with Gasteiger partial charge in [-0.05, 0) is 141 Å². The molecule has 3 fully saturated rings. The Bertz CT molecular complexity index is 2200. The van der Waals surface area contributed by atoms with Crippen molar-refractivity contribution in [1.29, 1.82) is 0 Å². The molecule has 25 heteroatoms. The number of hydrogen-bond donors (Lipinski definition) is 4. The van der Waals surface area contributed by atoms with Gasteiger partial charge in [0.2, 0.25) is 23.1 Å². The molecule has 0 unspecified atom stereocenters. The van der Waals surface area contributed by atoms with Crippen molar-refractivity contribution in [3.8, 4) is 11.4 Å². The van der Waals surface area contributed by atoms with Crippen molar-refractivity contribution >= 4 is 76.9 Å². The van der Waals surface area contributed by atoms with Crippen molar-refractivity contribution < 1.29 is 42.9 Å². The van der Waals surface area contributed by atoms with Gasteiger partial charge in [-0.3, -0.25) is 0 Å². The molecule has 0 spiro atoms.